The van der Waals surface area contributed by atoms with Gasteiger partial charge >= 0.3 is 17.9 Å². The van der Waals surface area contributed by atoms with E-state index < -0.39 is 17.6 Å². The van der Waals surface area contributed by atoms with E-state index in [-0.39, 0.29) is 50.9 Å². The predicted octanol–water partition coefficient (Wildman–Crippen LogP) is 9.00. The number of fused-ring (bicyclic) bond motifs is 7. The highest BCUT2D eigenvalue weighted by molar-refractivity contribution is 5.79. The van der Waals surface area contributed by atoms with Crippen molar-refractivity contribution in [3.8, 4) is 0 Å². The standard InChI is InChI=1S/C41H58O6/c1-26(42)46-31-24-38(7)32(37(5,6)34(31)47-27(2)43)17-18-40(9)33(38)16-15-29-30-23-36(3,4)19-21-41(30,22-20-39(29,40)8)35(44)45-25-28-13-11-10-12-14-28/h10-15,30-34H,16-25H2,1-9H3/t30-,31+,32-,33+,34-,38-,39+,40+,41-/m0/s1. The maximum absolute atomic E-state index is 14.3. The third kappa shape index (κ3) is 5.30. The van der Waals surface area contributed by atoms with Crippen LogP contribution in [-0.2, 0) is 35.2 Å². The molecule has 0 unspecified atom stereocenters. The van der Waals surface area contributed by atoms with Crippen molar-refractivity contribution in [2.75, 3.05) is 0 Å². The van der Waals surface area contributed by atoms with Crippen LogP contribution in [0.15, 0.2) is 42.0 Å². The molecule has 9 atom stereocenters. The summed E-state index contributed by atoms with van der Waals surface area (Å²) in [5.41, 5.74) is 1.68. The number of hydrogen-bond donors (Lipinski definition) is 0. The maximum Gasteiger partial charge on any atom is 0.313 e. The Bertz CT molecular complexity index is 1440. The molecule has 0 aliphatic heterocycles. The lowest BCUT2D eigenvalue weighted by Crippen LogP contribution is -2.67. The number of ether oxygens (including phenoxy) is 3. The zero-order valence-electron chi connectivity index (χ0n) is 30.4. The van der Waals surface area contributed by atoms with E-state index in [1.54, 1.807) is 0 Å². The molecule has 0 radical (unpaired) electrons. The Balaban J connectivity index is 1.37. The zero-order chi connectivity index (χ0) is 34.2. The second-order valence-corrected chi connectivity index (χ2v) is 18.1. The van der Waals surface area contributed by atoms with Crippen LogP contribution in [0.2, 0.25) is 0 Å². The molecule has 258 valence electrons. The number of benzene rings is 1. The molecule has 0 aromatic heterocycles. The number of hydrogen-bond acceptors (Lipinski definition) is 6. The highest BCUT2D eigenvalue weighted by Crippen LogP contribution is 2.76. The molecule has 0 N–H and O–H groups in total. The lowest BCUT2D eigenvalue weighted by atomic mass is 9.33. The largest absolute Gasteiger partial charge is 0.460 e. The van der Waals surface area contributed by atoms with Crippen LogP contribution >= 0.6 is 0 Å². The van der Waals surface area contributed by atoms with Crippen LogP contribution < -0.4 is 0 Å². The Morgan fingerprint density at radius 1 is 0.787 bits per heavy atom. The van der Waals surface area contributed by atoms with Gasteiger partial charge in [-0.05, 0) is 103 Å². The van der Waals surface area contributed by atoms with Gasteiger partial charge in [-0.2, -0.15) is 0 Å². The van der Waals surface area contributed by atoms with Crippen molar-refractivity contribution in [3.63, 3.8) is 0 Å². The van der Waals surface area contributed by atoms with E-state index >= 15 is 0 Å². The predicted molar refractivity (Wildman–Crippen MR) is 182 cm³/mol. The van der Waals surface area contributed by atoms with Gasteiger partial charge < -0.3 is 14.2 Å². The van der Waals surface area contributed by atoms with E-state index in [1.165, 1.54) is 19.4 Å². The SMILES string of the molecule is CC(=O)O[C@@H]1C[C@]2(C)[C@H]3CC=C4[C@@H]5CC(C)(C)CC[C@]5(C(=O)OCc5ccccc5)CC[C@@]4(C)[C@]3(C)CC[C@H]2C(C)(C)[C@H]1OC(C)=O. The number of rotatable bonds is 5. The highest BCUT2D eigenvalue weighted by atomic mass is 16.6. The van der Waals surface area contributed by atoms with Crippen molar-refractivity contribution in [2.45, 2.75) is 139 Å². The van der Waals surface area contributed by atoms with Crippen LogP contribution in [0.5, 0.6) is 0 Å². The fraction of sp³-hybridized carbons (Fsp3) is 0.732. The number of esters is 3. The van der Waals surface area contributed by atoms with Gasteiger partial charge in [0, 0.05) is 19.3 Å². The Hall–Kier alpha value is -2.63. The molecule has 0 amide bonds. The van der Waals surface area contributed by atoms with E-state index in [0.29, 0.717) is 24.9 Å². The molecule has 0 heterocycles. The fourth-order valence-corrected chi connectivity index (χ4v) is 12.3. The minimum Gasteiger partial charge on any atom is -0.460 e. The van der Waals surface area contributed by atoms with E-state index in [0.717, 1.165) is 56.9 Å². The van der Waals surface area contributed by atoms with Crippen molar-refractivity contribution in [1.82, 2.24) is 0 Å². The molecule has 47 heavy (non-hydrogen) atoms. The van der Waals surface area contributed by atoms with Gasteiger partial charge in [-0.15, -0.1) is 0 Å². The monoisotopic (exact) mass is 646 g/mol. The summed E-state index contributed by atoms with van der Waals surface area (Å²) < 4.78 is 18.2. The molecular weight excluding hydrogens is 588 g/mol. The molecule has 6 nitrogen and oxygen atoms in total. The summed E-state index contributed by atoms with van der Waals surface area (Å²) >= 11 is 0. The summed E-state index contributed by atoms with van der Waals surface area (Å²) in [7, 11) is 0. The first-order valence-corrected chi connectivity index (χ1v) is 18.2. The summed E-state index contributed by atoms with van der Waals surface area (Å²) in [5.74, 6) is 0.179. The molecular formula is C41H58O6. The Kier molecular flexibility index (Phi) is 8.36. The number of carbonyl (C=O) groups excluding carboxylic acids is 3. The van der Waals surface area contributed by atoms with Crippen molar-refractivity contribution in [2.24, 2.45) is 50.2 Å². The van der Waals surface area contributed by atoms with E-state index in [4.69, 9.17) is 14.2 Å². The van der Waals surface area contributed by atoms with Gasteiger partial charge in [0.2, 0.25) is 0 Å². The number of allylic oxidation sites excluding steroid dienone is 2. The molecule has 4 fully saturated rings. The highest BCUT2D eigenvalue weighted by Gasteiger charge is 2.71. The van der Waals surface area contributed by atoms with Crippen molar-refractivity contribution >= 4 is 17.9 Å². The van der Waals surface area contributed by atoms with Crippen molar-refractivity contribution in [1.29, 1.82) is 0 Å². The first-order chi connectivity index (χ1) is 21.9. The minimum absolute atomic E-state index is 0.00908. The Morgan fingerprint density at radius 3 is 2.11 bits per heavy atom. The molecule has 6 rings (SSSR count). The third-order valence-electron chi connectivity index (χ3n) is 14.7. The van der Waals surface area contributed by atoms with Gasteiger partial charge in [0.1, 0.15) is 18.8 Å². The molecule has 0 bridgehead atoms. The van der Waals surface area contributed by atoms with Crippen LogP contribution in [0.1, 0.15) is 126 Å². The van der Waals surface area contributed by atoms with Gasteiger partial charge in [-0.1, -0.05) is 90.4 Å². The average molecular weight is 647 g/mol. The molecule has 0 saturated heterocycles. The lowest BCUT2D eigenvalue weighted by Gasteiger charge is -2.71. The van der Waals surface area contributed by atoms with Crippen molar-refractivity contribution in [3.05, 3.63) is 47.5 Å². The summed E-state index contributed by atoms with van der Waals surface area (Å²) in [5, 5.41) is 0. The third-order valence-corrected chi connectivity index (χ3v) is 14.7. The molecule has 5 aliphatic carbocycles. The summed E-state index contributed by atoms with van der Waals surface area (Å²) in [6, 6.07) is 10.0. The van der Waals surface area contributed by atoms with E-state index in [9.17, 15) is 14.4 Å². The van der Waals surface area contributed by atoms with Gasteiger partial charge in [0.25, 0.3) is 0 Å². The molecule has 0 spiro atoms. The minimum atomic E-state index is -0.482. The van der Waals surface area contributed by atoms with Crippen LogP contribution in [0, 0.1) is 50.2 Å². The summed E-state index contributed by atoms with van der Waals surface area (Å²) in [6.45, 7) is 19.9. The Labute approximate surface area is 282 Å². The van der Waals surface area contributed by atoms with E-state index in [1.807, 2.05) is 30.3 Å². The van der Waals surface area contributed by atoms with E-state index in [2.05, 4.69) is 54.5 Å². The van der Waals surface area contributed by atoms with Crippen LogP contribution in [0.4, 0.5) is 0 Å². The second-order valence-electron chi connectivity index (χ2n) is 18.1. The van der Waals surface area contributed by atoms with Crippen LogP contribution in [0.25, 0.3) is 0 Å². The first-order valence-electron chi connectivity index (χ1n) is 18.2. The zero-order valence-corrected chi connectivity index (χ0v) is 30.4. The Morgan fingerprint density at radius 2 is 1.45 bits per heavy atom. The molecule has 4 saturated carbocycles. The van der Waals surface area contributed by atoms with Gasteiger partial charge in [-0.3, -0.25) is 14.4 Å². The van der Waals surface area contributed by atoms with Gasteiger partial charge in [-0.25, -0.2) is 0 Å². The van der Waals surface area contributed by atoms with Crippen LogP contribution in [-0.4, -0.2) is 30.1 Å². The summed E-state index contributed by atoms with van der Waals surface area (Å²) in [4.78, 5) is 39.0. The van der Waals surface area contributed by atoms with Gasteiger partial charge in [0.15, 0.2) is 0 Å². The summed E-state index contributed by atoms with van der Waals surface area (Å²) in [6.07, 6.45) is 10.1. The fourth-order valence-electron chi connectivity index (χ4n) is 12.3. The number of carbonyl (C=O) groups is 3. The topological polar surface area (TPSA) is 78.9 Å². The maximum atomic E-state index is 14.3. The molecule has 1 aromatic carbocycles. The molecule has 1 aromatic rings. The lowest BCUT2D eigenvalue weighted by molar-refractivity contribution is -0.244. The van der Waals surface area contributed by atoms with Crippen molar-refractivity contribution < 1.29 is 28.6 Å². The average Bonchev–Trinajstić information content (AvgIpc) is 2.98. The first kappa shape index (κ1) is 34.2. The smallest absolute Gasteiger partial charge is 0.313 e. The van der Waals surface area contributed by atoms with Crippen LogP contribution in [0.3, 0.4) is 0 Å². The second kappa shape index (κ2) is 11.5. The molecule has 6 heteroatoms. The molecule has 5 aliphatic rings. The van der Waals surface area contributed by atoms with Gasteiger partial charge in [0.05, 0.1) is 5.41 Å². The quantitative estimate of drug-likeness (QED) is 0.181. The normalized spacial score (nSPS) is 41.5.